The number of halogens is 2. The highest BCUT2D eigenvalue weighted by molar-refractivity contribution is 6.31. The summed E-state index contributed by atoms with van der Waals surface area (Å²) in [7, 11) is 0. The number of anilines is 1. The number of urea groups is 1. The lowest BCUT2D eigenvalue weighted by atomic mass is 9.88. The molecule has 2 atom stereocenters. The van der Waals surface area contributed by atoms with Gasteiger partial charge in [-0.05, 0) is 42.3 Å². The van der Waals surface area contributed by atoms with Crippen molar-refractivity contribution in [3.05, 3.63) is 75.9 Å². The second-order valence-corrected chi connectivity index (χ2v) is 6.93. The van der Waals surface area contributed by atoms with Crippen LogP contribution in [0.4, 0.5) is 10.5 Å². The molecule has 1 fully saturated rings. The lowest BCUT2D eigenvalue weighted by Gasteiger charge is -2.34. The Bertz CT molecular complexity index is 898. The summed E-state index contributed by atoms with van der Waals surface area (Å²) in [6.45, 7) is 5.73. The summed E-state index contributed by atoms with van der Waals surface area (Å²) in [5, 5.41) is 9.25. The van der Waals surface area contributed by atoms with Crippen LogP contribution in [-0.4, -0.2) is 11.9 Å². The Balaban J connectivity index is 1.90. The van der Waals surface area contributed by atoms with Gasteiger partial charge in [-0.25, -0.2) is 4.79 Å². The van der Waals surface area contributed by atoms with Gasteiger partial charge < -0.3 is 16.0 Å². The zero-order valence-electron chi connectivity index (χ0n) is 14.0. The van der Waals surface area contributed by atoms with Gasteiger partial charge in [0, 0.05) is 21.4 Å². The average molecular weight is 390 g/mol. The van der Waals surface area contributed by atoms with Crippen molar-refractivity contribution in [1.29, 1.82) is 0 Å². The fourth-order valence-electron chi connectivity index (χ4n) is 2.86. The van der Waals surface area contributed by atoms with Crippen molar-refractivity contribution >= 4 is 40.8 Å². The van der Waals surface area contributed by atoms with Crippen LogP contribution < -0.4 is 16.0 Å². The van der Waals surface area contributed by atoms with E-state index in [9.17, 15) is 9.59 Å². The first-order chi connectivity index (χ1) is 12.3. The Kier molecular flexibility index (Phi) is 5.20. The van der Waals surface area contributed by atoms with Crippen LogP contribution >= 0.6 is 23.2 Å². The van der Waals surface area contributed by atoms with E-state index >= 15 is 0 Å². The van der Waals surface area contributed by atoms with Crippen LogP contribution in [0.1, 0.15) is 17.2 Å². The van der Waals surface area contributed by atoms with E-state index in [2.05, 4.69) is 22.5 Å². The van der Waals surface area contributed by atoms with E-state index in [1.54, 1.807) is 36.4 Å². The first-order valence-corrected chi connectivity index (χ1v) is 8.69. The molecule has 2 aromatic rings. The van der Waals surface area contributed by atoms with E-state index in [4.69, 9.17) is 23.2 Å². The van der Waals surface area contributed by atoms with Crippen molar-refractivity contribution in [2.75, 3.05) is 5.32 Å². The molecule has 1 aliphatic heterocycles. The molecule has 1 heterocycles. The number of amides is 3. The molecular formula is C19H17Cl2N3O2. The average Bonchev–Trinajstić information content (AvgIpc) is 2.57. The molecule has 5 nitrogen and oxygen atoms in total. The fourth-order valence-corrected chi connectivity index (χ4v) is 3.24. The maximum atomic E-state index is 12.9. The summed E-state index contributed by atoms with van der Waals surface area (Å²) < 4.78 is 0. The number of carbonyl (C=O) groups is 2. The first kappa shape index (κ1) is 18.3. The molecule has 3 N–H and O–H groups in total. The summed E-state index contributed by atoms with van der Waals surface area (Å²) >= 11 is 12.2. The fraction of sp³-hybridized carbons (Fsp3) is 0.158. The number of hydrogen-bond acceptors (Lipinski definition) is 2. The molecule has 0 spiro atoms. The Hall–Kier alpha value is -2.50. The van der Waals surface area contributed by atoms with Gasteiger partial charge >= 0.3 is 6.03 Å². The van der Waals surface area contributed by atoms with E-state index < -0.39 is 18.0 Å². The summed E-state index contributed by atoms with van der Waals surface area (Å²) in [5.74, 6) is -1.03. The summed E-state index contributed by atoms with van der Waals surface area (Å²) in [4.78, 5) is 24.8. The molecule has 0 aliphatic carbocycles. The standard InChI is InChI=1S/C19H17Cl2N3O2/c1-10-6-7-14(9-15(10)21)23-18(25)16-11(2)22-19(26)24-17(16)12-4-3-5-13(20)8-12/h3-9,16-17H,2H2,1H3,(H,23,25)(H2,22,24,26)/t16-,17-/m0/s1. The van der Waals surface area contributed by atoms with Gasteiger partial charge in [0.2, 0.25) is 5.91 Å². The van der Waals surface area contributed by atoms with E-state index in [1.807, 2.05) is 13.0 Å². The molecular weight excluding hydrogens is 373 g/mol. The lowest BCUT2D eigenvalue weighted by molar-refractivity contribution is -0.119. The molecule has 0 unspecified atom stereocenters. The van der Waals surface area contributed by atoms with Gasteiger partial charge in [0.05, 0.1) is 6.04 Å². The van der Waals surface area contributed by atoms with Crippen molar-refractivity contribution < 1.29 is 9.59 Å². The third kappa shape index (κ3) is 3.84. The van der Waals surface area contributed by atoms with Gasteiger partial charge in [0.15, 0.2) is 0 Å². The third-order valence-corrected chi connectivity index (χ3v) is 4.84. The molecule has 2 aromatic carbocycles. The number of hydrogen-bond donors (Lipinski definition) is 3. The third-order valence-electron chi connectivity index (χ3n) is 4.20. The largest absolute Gasteiger partial charge is 0.330 e. The highest BCUT2D eigenvalue weighted by Gasteiger charge is 2.37. The highest BCUT2D eigenvalue weighted by atomic mass is 35.5. The minimum Gasteiger partial charge on any atom is -0.330 e. The van der Waals surface area contributed by atoms with Crippen LogP contribution in [-0.2, 0) is 4.79 Å². The topological polar surface area (TPSA) is 70.2 Å². The molecule has 0 aromatic heterocycles. The lowest BCUT2D eigenvalue weighted by Crippen LogP contribution is -2.51. The predicted molar refractivity (Wildman–Crippen MR) is 103 cm³/mol. The summed E-state index contributed by atoms with van der Waals surface area (Å²) in [6.07, 6.45) is 0. The molecule has 0 bridgehead atoms. The van der Waals surface area contributed by atoms with Gasteiger partial charge in [-0.15, -0.1) is 0 Å². The Morgan fingerprint density at radius 2 is 1.96 bits per heavy atom. The number of aryl methyl sites for hydroxylation is 1. The van der Waals surface area contributed by atoms with Gasteiger partial charge in [-0.1, -0.05) is 48.0 Å². The molecule has 0 saturated carbocycles. The monoisotopic (exact) mass is 389 g/mol. The van der Waals surface area contributed by atoms with Gasteiger partial charge in [-0.2, -0.15) is 0 Å². The van der Waals surface area contributed by atoms with Gasteiger partial charge in [0.1, 0.15) is 5.92 Å². The molecule has 26 heavy (non-hydrogen) atoms. The molecule has 3 amide bonds. The number of carbonyl (C=O) groups excluding carboxylic acids is 2. The minimum atomic E-state index is -0.716. The van der Waals surface area contributed by atoms with Crippen molar-refractivity contribution in [2.45, 2.75) is 13.0 Å². The second-order valence-electron chi connectivity index (χ2n) is 6.09. The van der Waals surface area contributed by atoms with E-state index in [0.29, 0.717) is 21.4 Å². The highest BCUT2D eigenvalue weighted by Crippen LogP contribution is 2.32. The van der Waals surface area contributed by atoms with Gasteiger partial charge in [-0.3, -0.25) is 4.79 Å². The van der Waals surface area contributed by atoms with Crippen molar-refractivity contribution in [2.24, 2.45) is 5.92 Å². The van der Waals surface area contributed by atoms with Crippen LogP contribution in [0.3, 0.4) is 0 Å². The van der Waals surface area contributed by atoms with Crippen molar-refractivity contribution in [3.8, 4) is 0 Å². The zero-order chi connectivity index (χ0) is 18.8. The Morgan fingerprint density at radius 3 is 2.65 bits per heavy atom. The van der Waals surface area contributed by atoms with Crippen LogP contribution in [0.2, 0.25) is 10.0 Å². The van der Waals surface area contributed by atoms with E-state index in [1.165, 1.54) is 0 Å². The summed E-state index contributed by atoms with van der Waals surface area (Å²) in [5.41, 5.74) is 2.52. The quantitative estimate of drug-likeness (QED) is 0.726. The van der Waals surface area contributed by atoms with Gasteiger partial charge in [0.25, 0.3) is 0 Å². The smallest absolute Gasteiger partial charge is 0.319 e. The molecule has 7 heteroatoms. The Labute approximate surface area is 161 Å². The normalized spacial score (nSPS) is 19.5. The molecule has 0 radical (unpaired) electrons. The van der Waals surface area contributed by atoms with Crippen molar-refractivity contribution in [1.82, 2.24) is 10.6 Å². The van der Waals surface area contributed by atoms with Crippen LogP contribution in [0, 0.1) is 12.8 Å². The van der Waals surface area contributed by atoms with E-state index in [-0.39, 0.29) is 5.91 Å². The minimum absolute atomic E-state index is 0.313. The molecule has 1 aliphatic rings. The molecule has 1 saturated heterocycles. The van der Waals surface area contributed by atoms with E-state index in [0.717, 1.165) is 11.1 Å². The van der Waals surface area contributed by atoms with Crippen LogP contribution in [0.25, 0.3) is 0 Å². The molecule has 134 valence electrons. The maximum absolute atomic E-state index is 12.9. The maximum Gasteiger partial charge on any atom is 0.319 e. The van der Waals surface area contributed by atoms with Crippen molar-refractivity contribution in [3.63, 3.8) is 0 Å². The number of benzene rings is 2. The number of nitrogens with one attached hydrogen (secondary N) is 3. The summed E-state index contributed by atoms with van der Waals surface area (Å²) in [6, 6.07) is 11.3. The SMILES string of the molecule is C=C1NC(=O)N[C@@H](c2cccc(Cl)c2)[C@H]1C(=O)Nc1ccc(C)c(Cl)c1. The zero-order valence-corrected chi connectivity index (χ0v) is 15.5. The van der Waals surface area contributed by atoms with Crippen LogP contribution in [0.15, 0.2) is 54.7 Å². The Morgan fingerprint density at radius 1 is 1.19 bits per heavy atom. The first-order valence-electron chi connectivity index (χ1n) is 7.94. The molecule has 3 rings (SSSR count). The van der Waals surface area contributed by atoms with Crippen LogP contribution in [0.5, 0.6) is 0 Å². The number of rotatable bonds is 3. The predicted octanol–water partition coefficient (Wildman–Crippen LogP) is 4.42. The second kappa shape index (κ2) is 7.40.